The predicted molar refractivity (Wildman–Crippen MR) is 121 cm³/mol. The van der Waals surface area contributed by atoms with Crippen molar-refractivity contribution in [1.82, 2.24) is 14.8 Å². The number of phenols is 1. The van der Waals surface area contributed by atoms with Crippen molar-refractivity contribution in [2.24, 2.45) is 0 Å². The standard InChI is InChI=1S/C21H19BrN4O3S/c1-3-9-26-20(17-11-15(22)7-8-18(17)28)24-25-21(26)30-12-19(29)23-16-6-4-5-14(10-16)13(2)27/h3-8,10-11,28H,1,9,12H2,2H3,(H,23,29). The molecule has 7 nitrogen and oxygen atoms in total. The Hall–Kier alpha value is -2.91. The number of carbonyl (C=O) groups is 2. The lowest BCUT2D eigenvalue weighted by atomic mass is 10.1. The molecule has 1 heterocycles. The number of aromatic hydroxyl groups is 1. The molecule has 0 aliphatic heterocycles. The number of thioether (sulfide) groups is 1. The number of phenolic OH excluding ortho intramolecular Hbond substituents is 1. The van der Waals surface area contributed by atoms with Crippen molar-refractivity contribution in [1.29, 1.82) is 0 Å². The highest BCUT2D eigenvalue weighted by Crippen LogP contribution is 2.32. The van der Waals surface area contributed by atoms with Crippen LogP contribution in [-0.2, 0) is 11.3 Å². The molecule has 3 aromatic rings. The second-order valence-electron chi connectivity index (χ2n) is 6.34. The number of amides is 1. The van der Waals surface area contributed by atoms with Gasteiger partial charge in [-0.1, -0.05) is 45.9 Å². The maximum absolute atomic E-state index is 12.4. The maximum atomic E-state index is 12.4. The van der Waals surface area contributed by atoms with Gasteiger partial charge in [-0.15, -0.1) is 16.8 Å². The van der Waals surface area contributed by atoms with Crippen LogP contribution < -0.4 is 5.32 Å². The first-order chi connectivity index (χ1) is 14.4. The molecule has 0 aliphatic rings. The maximum Gasteiger partial charge on any atom is 0.234 e. The van der Waals surface area contributed by atoms with Gasteiger partial charge in [0, 0.05) is 22.3 Å². The van der Waals surface area contributed by atoms with Crippen LogP contribution in [0.1, 0.15) is 17.3 Å². The number of hydrogen-bond donors (Lipinski definition) is 2. The van der Waals surface area contributed by atoms with Crippen LogP contribution >= 0.6 is 27.7 Å². The second kappa shape index (κ2) is 9.73. The van der Waals surface area contributed by atoms with E-state index in [1.54, 1.807) is 53.1 Å². The Morgan fingerprint density at radius 2 is 2.07 bits per heavy atom. The summed E-state index contributed by atoms with van der Waals surface area (Å²) in [7, 11) is 0. The Balaban J connectivity index is 1.75. The molecule has 0 saturated carbocycles. The van der Waals surface area contributed by atoms with Gasteiger partial charge in [0.2, 0.25) is 5.91 Å². The van der Waals surface area contributed by atoms with E-state index in [1.165, 1.54) is 18.7 Å². The van der Waals surface area contributed by atoms with E-state index in [0.29, 0.717) is 34.3 Å². The van der Waals surface area contributed by atoms with Crippen LogP contribution in [0.15, 0.2) is 64.7 Å². The molecule has 0 spiro atoms. The predicted octanol–water partition coefficient (Wildman–Crippen LogP) is 4.53. The highest BCUT2D eigenvalue weighted by Gasteiger charge is 2.18. The fourth-order valence-corrected chi connectivity index (χ4v) is 3.83. The van der Waals surface area contributed by atoms with Crippen molar-refractivity contribution in [3.05, 3.63) is 65.2 Å². The van der Waals surface area contributed by atoms with Crippen LogP contribution in [0, 0.1) is 0 Å². The number of carbonyl (C=O) groups excluding carboxylic acids is 2. The summed E-state index contributed by atoms with van der Waals surface area (Å²) in [6, 6.07) is 11.8. The monoisotopic (exact) mass is 486 g/mol. The third kappa shape index (κ3) is 5.17. The summed E-state index contributed by atoms with van der Waals surface area (Å²) < 4.78 is 2.58. The molecular formula is C21H19BrN4O3S. The van der Waals surface area contributed by atoms with Gasteiger partial charge in [-0.3, -0.25) is 14.2 Å². The summed E-state index contributed by atoms with van der Waals surface area (Å²) in [5.41, 5.74) is 1.61. The van der Waals surface area contributed by atoms with Gasteiger partial charge in [0.25, 0.3) is 0 Å². The van der Waals surface area contributed by atoms with Crippen molar-refractivity contribution in [2.45, 2.75) is 18.6 Å². The fraction of sp³-hybridized carbons (Fsp3) is 0.143. The largest absolute Gasteiger partial charge is 0.507 e. The lowest BCUT2D eigenvalue weighted by Crippen LogP contribution is -2.15. The number of ketones is 1. The molecular weight excluding hydrogens is 468 g/mol. The normalized spacial score (nSPS) is 10.6. The smallest absolute Gasteiger partial charge is 0.234 e. The average Bonchev–Trinajstić information content (AvgIpc) is 3.11. The van der Waals surface area contributed by atoms with Gasteiger partial charge < -0.3 is 10.4 Å². The molecule has 2 aromatic carbocycles. The van der Waals surface area contributed by atoms with E-state index in [-0.39, 0.29) is 23.2 Å². The number of rotatable bonds is 8. The van der Waals surface area contributed by atoms with Gasteiger partial charge in [-0.05, 0) is 37.3 Å². The first-order valence-corrected chi connectivity index (χ1v) is 10.7. The number of aromatic nitrogens is 3. The number of hydrogen-bond acceptors (Lipinski definition) is 6. The zero-order valence-electron chi connectivity index (χ0n) is 16.1. The van der Waals surface area contributed by atoms with Gasteiger partial charge >= 0.3 is 0 Å². The summed E-state index contributed by atoms with van der Waals surface area (Å²) in [4.78, 5) is 23.9. The van der Waals surface area contributed by atoms with Crippen molar-refractivity contribution in [3.8, 4) is 17.1 Å². The molecule has 0 unspecified atom stereocenters. The number of allylic oxidation sites excluding steroid dienone is 1. The minimum atomic E-state index is -0.235. The number of benzene rings is 2. The molecule has 0 saturated heterocycles. The Labute approximate surface area is 186 Å². The Morgan fingerprint density at radius 1 is 1.27 bits per heavy atom. The number of anilines is 1. The van der Waals surface area contributed by atoms with Crippen LogP contribution in [0.5, 0.6) is 5.75 Å². The van der Waals surface area contributed by atoms with Crippen molar-refractivity contribution < 1.29 is 14.7 Å². The van der Waals surface area contributed by atoms with E-state index in [9.17, 15) is 14.7 Å². The van der Waals surface area contributed by atoms with E-state index in [1.807, 2.05) is 0 Å². The van der Waals surface area contributed by atoms with Crippen molar-refractivity contribution in [3.63, 3.8) is 0 Å². The molecule has 0 atom stereocenters. The van der Waals surface area contributed by atoms with Crippen LogP contribution in [0.2, 0.25) is 0 Å². The van der Waals surface area contributed by atoms with Gasteiger partial charge in [-0.25, -0.2) is 0 Å². The number of halogens is 1. The quantitative estimate of drug-likeness (QED) is 0.275. The molecule has 3 rings (SSSR count). The third-order valence-corrected chi connectivity index (χ3v) is 5.57. The van der Waals surface area contributed by atoms with E-state index in [2.05, 4.69) is 38.0 Å². The zero-order chi connectivity index (χ0) is 21.7. The fourth-order valence-electron chi connectivity index (χ4n) is 2.72. The first-order valence-electron chi connectivity index (χ1n) is 8.95. The zero-order valence-corrected chi connectivity index (χ0v) is 18.5. The molecule has 30 heavy (non-hydrogen) atoms. The van der Waals surface area contributed by atoms with Crippen molar-refractivity contribution >= 4 is 45.1 Å². The summed E-state index contributed by atoms with van der Waals surface area (Å²) in [5.74, 6) is 0.354. The minimum absolute atomic E-state index is 0.0682. The molecule has 0 aliphatic carbocycles. The Kier molecular flexibility index (Phi) is 7.07. The summed E-state index contributed by atoms with van der Waals surface area (Å²) in [6.07, 6.45) is 1.69. The molecule has 0 bridgehead atoms. The lowest BCUT2D eigenvalue weighted by molar-refractivity contribution is -0.113. The molecule has 9 heteroatoms. The van der Waals surface area contributed by atoms with Crippen LogP contribution in [0.4, 0.5) is 5.69 Å². The van der Waals surface area contributed by atoms with Crippen LogP contribution in [0.3, 0.4) is 0 Å². The van der Waals surface area contributed by atoms with E-state index in [4.69, 9.17) is 0 Å². The van der Waals surface area contributed by atoms with Crippen LogP contribution in [0.25, 0.3) is 11.4 Å². The summed E-state index contributed by atoms with van der Waals surface area (Å²) >= 11 is 4.61. The van der Waals surface area contributed by atoms with Gasteiger partial charge in [0.1, 0.15) is 5.75 Å². The van der Waals surface area contributed by atoms with Gasteiger partial charge in [0.15, 0.2) is 16.8 Å². The van der Waals surface area contributed by atoms with Crippen LogP contribution in [-0.4, -0.2) is 37.3 Å². The van der Waals surface area contributed by atoms with E-state index >= 15 is 0 Å². The van der Waals surface area contributed by atoms with Gasteiger partial charge in [0.05, 0.1) is 11.3 Å². The molecule has 1 aromatic heterocycles. The average molecular weight is 487 g/mol. The highest BCUT2D eigenvalue weighted by atomic mass is 79.9. The Bertz CT molecular complexity index is 1110. The highest BCUT2D eigenvalue weighted by molar-refractivity contribution is 9.10. The second-order valence-corrected chi connectivity index (χ2v) is 8.20. The first kappa shape index (κ1) is 21.8. The number of nitrogens with zero attached hydrogens (tertiary/aromatic N) is 3. The van der Waals surface area contributed by atoms with Gasteiger partial charge in [-0.2, -0.15) is 0 Å². The molecule has 2 N–H and O–H groups in total. The minimum Gasteiger partial charge on any atom is -0.507 e. The number of nitrogens with one attached hydrogen (secondary N) is 1. The summed E-state index contributed by atoms with van der Waals surface area (Å²) in [6.45, 7) is 5.65. The third-order valence-electron chi connectivity index (χ3n) is 4.11. The summed E-state index contributed by atoms with van der Waals surface area (Å²) in [5, 5.41) is 21.9. The lowest BCUT2D eigenvalue weighted by Gasteiger charge is -2.10. The molecule has 0 radical (unpaired) electrons. The topological polar surface area (TPSA) is 97.1 Å². The van der Waals surface area contributed by atoms with Crippen molar-refractivity contribution in [2.75, 3.05) is 11.1 Å². The van der Waals surface area contributed by atoms with E-state index in [0.717, 1.165) is 4.47 Å². The molecule has 1 amide bonds. The van der Waals surface area contributed by atoms with E-state index < -0.39 is 0 Å². The number of Topliss-reactive ketones (excluding diaryl/α,β-unsaturated/α-hetero) is 1. The molecule has 154 valence electrons. The Morgan fingerprint density at radius 3 is 2.80 bits per heavy atom. The molecule has 0 fully saturated rings. The SMILES string of the molecule is C=CCn1c(SCC(=O)Nc2cccc(C(C)=O)c2)nnc1-c1cc(Br)ccc1O.